The van der Waals surface area contributed by atoms with Crippen LogP contribution in [0.25, 0.3) is 11.1 Å². The van der Waals surface area contributed by atoms with Crippen molar-refractivity contribution in [3.8, 4) is 0 Å². The standard InChI is InChI=1S/C15H15N3O4/c1-7-11-9(12(19)17-15(4-5-15)14(20)21)6-10(8-2-3-8)16-13(11)22-18-7/h6,8H,2-5H2,1H3,(H,17,19)(H,20,21). The van der Waals surface area contributed by atoms with Gasteiger partial charge < -0.3 is 14.9 Å². The zero-order valence-corrected chi connectivity index (χ0v) is 12.0. The number of fused-ring (bicyclic) bond motifs is 1. The highest BCUT2D eigenvalue weighted by Crippen LogP contribution is 2.41. The first kappa shape index (κ1) is 13.2. The second-order valence-electron chi connectivity index (χ2n) is 6.16. The molecule has 2 aliphatic rings. The molecule has 0 aromatic carbocycles. The summed E-state index contributed by atoms with van der Waals surface area (Å²) in [5, 5.41) is 16.3. The number of carboxylic acid groups (broad SMARTS) is 1. The summed E-state index contributed by atoms with van der Waals surface area (Å²) in [5.74, 6) is -1.04. The highest BCUT2D eigenvalue weighted by Gasteiger charge is 2.52. The van der Waals surface area contributed by atoms with Gasteiger partial charge >= 0.3 is 5.97 Å². The lowest BCUT2D eigenvalue weighted by Crippen LogP contribution is -2.43. The molecule has 0 atom stereocenters. The normalized spacial score (nSPS) is 19.1. The van der Waals surface area contributed by atoms with Crippen LogP contribution < -0.4 is 5.32 Å². The van der Waals surface area contributed by atoms with E-state index in [4.69, 9.17) is 4.52 Å². The maximum absolute atomic E-state index is 12.6. The molecule has 0 spiro atoms. The van der Waals surface area contributed by atoms with Gasteiger partial charge in [0.1, 0.15) is 5.54 Å². The molecule has 0 bridgehead atoms. The molecule has 4 rings (SSSR count). The minimum atomic E-state index is -1.11. The van der Waals surface area contributed by atoms with Gasteiger partial charge in [-0.3, -0.25) is 4.79 Å². The summed E-state index contributed by atoms with van der Waals surface area (Å²) in [4.78, 5) is 28.3. The van der Waals surface area contributed by atoms with E-state index in [1.165, 1.54) is 0 Å². The first-order valence-electron chi connectivity index (χ1n) is 7.33. The number of carbonyl (C=O) groups excluding carboxylic acids is 1. The molecule has 0 radical (unpaired) electrons. The minimum absolute atomic E-state index is 0.340. The van der Waals surface area contributed by atoms with Crippen molar-refractivity contribution in [2.24, 2.45) is 0 Å². The SMILES string of the molecule is Cc1noc2nc(C3CC3)cc(C(=O)NC3(C(=O)O)CC3)c12. The van der Waals surface area contributed by atoms with Crippen molar-refractivity contribution in [2.45, 2.75) is 44.1 Å². The minimum Gasteiger partial charge on any atom is -0.480 e. The lowest BCUT2D eigenvalue weighted by molar-refractivity contribution is -0.140. The summed E-state index contributed by atoms with van der Waals surface area (Å²) in [6.07, 6.45) is 3.01. The average molecular weight is 301 g/mol. The fourth-order valence-electron chi connectivity index (χ4n) is 2.68. The van der Waals surface area contributed by atoms with Crippen molar-refractivity contribution in [3.05, 3.63) is 23.0 Å². The zero-order chi connectivity index (χ0) is 15.5. The van der Waals surface area contributed by atoms with Crippen molar-refractivity contribution >= 4 is 23.0 Å². The number of aryl methyl sites for hydroxylation is 1. The molecule has 2 N–H and O–H groups in total. The van der Waals surface area contributed by atoms with Gasteiger partial charge in [0.25, 0.3) is 11.6 Å². The topological polar surface area (TPSA) is 105 Å². The van der Waals surface area contributed by atoms with Crippen LogP contribution in [0.1, 0.15) is 53.3 Å². The number of aromatic nitrogens is 2. The number of hydrogen-bond acceptors (Lipinski definition) is 5. The molecular formula is C15H15N3O4. The van der Waals surface area contributed by atoms with E-state index >= 15 is 0 Å². The Kier molecular flexibility index (Phi) is 2.58. The van der Waals surface area contributed by atoms with Crippen LogP contribution in [0, 0.1) is 6.92 Å². The third-order valence-electron chi connectivity index (χ3n) is 4.39. The maximum Gasteiger partial charge on any atom is 0.329 e. The highest BCUT2D eigenvalue weighted by molar-refractivity contribution is 6.08. The number of rotatable bonds is 4. The number of amides is 1. The predicted molar refractivity (Wildman–Crippen MR) is 75.6 cm³/mol. The molecular weight excluding hydrogens is 286 g/mol. The van der Waals surface area contributed by atoms with Crippen LogP contribution in [0.4, 0.5) is 0 Å². The van der Waals surface area contributed by atoms with Crippen LogP contribution in [-0.2, 0) is 4.79 Å². The molecule has 2 aliphatic carbocycles. The molecule has 22 heavy (non-hydrogen) atoms. The number of pyridine rings is 1. The van der Waals surface area contributed by atoms with Crippen molar-refractivity contribution in [1.29, 1.82) is 0 Å². The molecule has 2 heterocycles. The van der Waals surface area contributed by atoms with Crippen LogP contribution >= 0.6 is 0 Å². The Hall–Kier alpha value is -2.44. The molecule has 0 unspecified atom stereocenters. The molecule has 2 saturated carbocycles. The second-order valence-corrected chi connectivity index (χ2v) is 6.16. The molecule has 0 aliphatic heterocycles. The van der Waals surface area contributed by atoms with Crippen LogP contribution in [-0.4, -0.2) is 32.7 Å². The van der Waals surface area contributed by atoms with Crippen molar-refractivity contribution in [3.63, 3.8) is 0 Å². The largest absolute Gasteiger partial charge is 0.480 e. The number of aliphatic carboxylic acids is 1. The second kappa shape index (κ2) is 4.28. The lowest BCUT2D eigenvalue weighted by atomic mass is 10.1. The van der Waals surface area contributed by atoms with Crippen molar-refractivity contribution in [2.75, 3.05) is 0 Å². The average Bonchev–Trinajstić information content (AvgIpc) is 3.38. The monoisotopic (exact) mass is 301 g/mol. The van der Waals surface area contributed by atoms with E-state index in [-0.39, 0.29) is 0 Å². The lowest BCUT2D eigenvalue weighted by Gasteiger charge is -2.13. The number of carboxylic acids is 1. The third-order valence-corrected chi connectivity index (χ3v) is 4.39. The van der Waals surface area contributed by atoms with Gasteiger partial charge in [-0.05, 0) is 38.7 Å². The Bertz CT molecular complexity index is 802. The van der Waals surface area contributed by atoms with Crippen molar-refractivity contribution in [1.82, 2.24) is 15.5 Å². The maximum atomic E-state index is 12.6. The summed E-state index contributed by atoms with van der Waals surface area (Å²) >= 11 is 0. The molecule has 2 aromatic heterocycles. The van der Waals surface area contributed by atoms with Gasteiger partial charge in [-0.25, -0.2) is 9.78 Å². The van der Waals surface area contributed by atoms with E-state index in [0.29, 0.717) is 41.1 Å². The Morgan fingerprint density at radius 3 is 2.73 bits per heavy atom. The first-order valence-corrected chi connectivity index (χ1v) is 7.33. The number of hydrogen-bond donors (Lipinski definition) is 2. The van der Waals surface area contributed by atoms with Gasteiger partial charge in [0.2, 0.25) is 0 Å². The van der Waals surface area contributed by atoms with Gasteiger partial charge in [-0.2, -0.15) is 0 Å². The Balaban J connectivity index is 1.77. The summed E-state index contributed by atoms with van der Waals surface area (Å²) in [7, 11) is 0. The molecule has 7 nitrogen and oxygen atoms in total. The van der Waals surface area contributed by atoms with Crippen LogP contribution in [0.5, 0.6) is 0 Å². The van der Waals surface area contributed by atoms with Crippen LogP contribution in [0.15, 0.2) is 10.6 Å². The first-order chi connectivity index (χ1) is 10.5. The van der Waals surface area contributed by atoms with E-state index in [1.807, 2.05) is 0 Å². The molecule has 114 valence electrons. The summed E-state index contributed by atoms with van der Waals surface area (Å²) in [5.41, 5.74) is 1.02. The van der Waals surface area contributed by atoms with Gasteiger partial charge in [-0.15, -0.1) is 0 Å². The molecule has 2 fully saturated rings. The number of nitrogens with one attached hydrogen (secondary N) is 1. The van der Waals surface area contributed by atoms with E-state index in [9.17, 15) is 14.7 Å². The molecule has 7 heteroatoms. The Morgan fingerprint density at radius 1 is 1.41 bits per heavy atom. The van der Waals surface area contributed by atoms with Crippen LogP contribution in [0.2, 0.25) is 0 Å². The summed E-state index contributed by atoms with van der Waals surface area (Å²) in [6.45, 7) is 1.74. The molecule has 1 amide bonds. The fourth-order valence-corrected chi connectivity index (χ4v) is 2.68. The van der Waals surface area contributed by atoms with Gasteiger partial charge in [0, 0.05) is 11.6 Å². The zero-order valence-electron chi connectivity index (χ0n) is 12.0. The summed E-state index contributed by atoms with van der Waals surface area (Å²) < 4.78 is 5.19. The van der Waals surface area contributed by atoms with Gasteiger partial charge in [-0.1, -0.05) is 5.16 Å². The fraction of sp³-hybridized carbons (Fsp3) is 0.467. The van der Waals surface area contributed by atoms with E-state index in [1.54, 1.807) is 13.0 Å². The van der Waals surface area contributed by atoms with E-state index in [2.05, 4.69) is 15.5 Å². The van der Waals surface area contributed by atoms with Crippen LogP contribution in [0.3, 0.4) is 0 Å². The highest BCUT2D eigenvalue weighted by atomic mass is 16.5. The molecule has 0 saturated heterocycles. The van der Waals surface area contributed by atoms with Crippen molar-refractivity contribution < 1.29 is 19.2 Å². The van der Waals surface area contributed by atoms with E-state index < -0.39 is 17.4 Å². The third kappa shape index (κ3) is 1.96. The Morgan fingerprint density at radius 2 is 2.14 bits per heavy atom. The predicted octanol–water partition coefficient (Wildman–Crippen LogP) is 1.76. The molecule has 2 aromatic rings. The smallest absolute Gasteiger partial charge is 0.329 e. The summed E-state index contributed by atoms with van der Waals surface area (Å²) in [6, 6.07) is 1.75. The van der Waals surface area contributed by atoms with Gasteiger partial charge in [0.05, 0.1) is 16.6 Å². The quantitative estimate of drug-likeness (QED) is 0.891. The number of nitrogens with zero attached hydrogens (tertiary/aromatic N) is 2. The van der Waals surface area contributed by atoms with E-state index in [0.717, 1.165) is 18.5 Å². The van der Waals surface area contributed by atoms with Gasteiger partial charge in [0.15, 0.2) is 0 Å². The Labute approximate surface area is 125 Å². The number of carbonyl (C=O) groups is 2.